The zero-order valence-corrected chi connectivity index (χ0v) is 14.3. The van der Waals surface area contributed by atoms with E-state index < -0.39 is 0 Å². The molecule has 1 aliphatic rings. The summed E-state index contributed by atoms with van der Waals surface area (Å²) in [5.74, 6) is -0.656. The van der Waals surface area contributed by atoms with Crippen LogP contribution in [0.25, 0.3) is 0 Å². The highest BCUT2D eigenvalue weighted by Crippen LogP contribution is 2.38. The molecule has 4 nitrogen and oxygen atoms in total. The van der Waals surface area contributed by atoms with Crippen molar-refractivity contribution in [2.75, 3.05) is 4.90 Å². The Morgan fingerprint density at radius 1 is 0.792 bits per heavy atom. The molecule has 0 radical (unpaired) electrons. The van der Waals surface area contributed by atoms with E-state index in [0.29, 0.717) is 11.1 Å². The molecule has 3 rings (SSSR count). The van der Waals surface area contributed by atoms with Gasteiger partial charge in [-0.3, -0.25) is 9.59 Å². The number of carbonyl (C=O) groups excluding carboxylic acids is 2. The molecule has 1 aliphatic carbocycles. The summed E-state index contributed by atoms with van der Waals surface area (Å²) in [6.45, 7) is 8.22. The maximum absolute atomic E-state index is 13.1. The van der Waals surface area contributed by atoms with Crippen molar-refractivity contribution < 1.29 is 14.7 Å². The number of carbonyl (C=O) groups is 2. The van der Waals surface area contributed by atoms with Gasteiger partial charge in [0, 0.05) is 28.9 Å². The van der Waals surface area contributed by atoms with Gasteiger partial charge in [0.2, 0.25) is 0 Å². The third-order valence-corrected chi connectivity index (χ3v) is 4.42. The number of fused-ring (bicyclic) bond motifs is 2. The van der Waals surface area contributed by atoms with Crippen molar-refractivity contribution in [3.05, 3.63) is 58.7 Å². The molecule has 0 aliphatic heterocycles. The van der Waals surface area contributed by atoms with Crippen LogP contribution in [0.3, 0.4) is 0 Å². The summed E-state index contributed by atoms with van der Waals surface area (Å²) in [7, 11) is 0. The van der Waals surface area contributed by atoms with Crippen LogP contribution < -0.4 is 4.90 Å². The van der Waals surface area contributed by atoms with Gasteiger partial charge in [0.05, 0.1) is 11.1 Å². The Kier molecular flexibility index (Phi) is 3.91. The molecular formula is C20H21NO3. The Hall–Kier alpha value is -2.62. The van der Waals surface area contributed by atoms with E-state index in [0.717, 1.165) is 5.69 Å². The largest absolute Gasteiger partial charge is 0.507 e. The number of aromatic hydroxyl groups is 1. The average Bonchev–Trinajstić information content (AvgIpc) is 2.51. The number of rotatable bonds is 3. The zero-order chi connectivity index (χ0) is 17.6. The van der Waals surface area contributed by atoms with Gasteiger partial charge in [0.15, 0.2) is 11.6 Å². The normalized spacial score (nSPS) is 13.2. The predicted molar refractivity (Wildman–Crippen MR) is 94.2 cm³/mol. The van der Waals surface area contributed by atoms with Gasteiger partial charge in [0.25, 0.3) is 0 Å². The number of phenols is 1. The third kappa shape index (κ3) is 2.30. The number of hydrogen-bond donors (Lipinski definition) is 1. The second-order valence-corrected chi connectivity index (χ2v) is 6.65. The standard InChI is InChI=1S/C20H21NO3/c1-11(2)21(12(3)4)15-9-5-7-13-17(15)20(24)18-14(19(13)23)8-6-10-16(18)22/h5-12,22H,1-4H3. The van der Waals surface area contributed by atoms with Crippen molar-refractivity contribution in [3.63, 3.8) is 0 Å². The molecule has 4 heteroatoms. The first-order chi connectivity index (χ1) is 11.3. The molecule has 2 aromatic rings. The van der Waals surface area contributed by atoms with Crippen LogP contribution in [0.5, 0.6) is 5.75 Å². The lowest BCUT2D eigenvalue weighted by atomic mass is 9.82. The molecule has 0 bridgehead atoms. The summed E-state index contributed by atoms with van der Waals surface area (Å²) in [6, 6.07) is 10.3. The first-order valence-corrected chi connectivity index (χ1v) is 8.17. The molecule has 0 spiro atoms. The van der Waals surface area contributed by atoms with Crippen LogP contribution in [-0.4, -0.2) is 28.8 Å². The molecule has 0 atom stereocenters. The SMILES string of the molecule is CC(C)N(c1cccc2c1C(=O)c1c(O)cccc1C2=O)C(C)C. The topological polar surface area (TPSA) is 57.6 Å². The first kappa shape index (κ1) is 16.2. The van der Waals surface area contributed by atoms with E-state index in [1.54, 1.807) is 18.2 Å². The van der Waals surface area contributed by atoms with Gasteiger partial charge in [-0.05, 0) is 39.8 Å². The summed E-state index contributed by atoms with van der Waals surface area (Å²) in [4.78, 5) is 28.1. The molecule has 124 valence electrons. The van der Waals surface area contributed by atoms with Crippen LogP contribution in [0.2, 0.25) is 0 Å². The minimum atomic E-state index is -0.292. The molecule has 1 N–H and O–H groups in total. The number of benzene rings is 2. The van der Waals surface area contributed by atoms with Gasteiger partial charge in [-0.15, -0.1) is 0 Å². The molecule has 24 heavy (non-hydrogen) atoms. The van der Waals surface area contributed by atoms with Crippen LogP contribution in [0.4, 0.5) is 5.69 Å². The molecular weight excluding hydrogens is 302 g/mol. The lowest BCUT2D eigenvalue weighted by Gasteiger charge is -2.35. The third-order valence-electron chi connectivity index (χ3n) is 4.42. The molecule has 0 unspecified atom stereocenters. The highest BCUT2D eigenvalue weighted by atomic mass is 16.3. The fraction of sp³-hybridized carbons (Fsp3) is 0.300. The Bertz CT molecular complexity index is 829. The quantitative estimate of drug-likeness (QED) is 0.797. The monoisotopic (exact) mass is 323 g/mol. The molecule has 0 saturated carbocycles. The van der Waals surface area contributed by atoms with E-state index >= 15 is 0 Å². The number of hydrogen-bond acceptors (Lipinski definition) is 4. The fourth-order valence-corrected chi connectivity index (χ4v) is 3.57. The molecule has 2 aromatic carbocycles. The van der Waals surface area contributed by atoms with Gasteiger partial charge in [0.1, 0.15) is 5.75 Å². The van der Waals surface area contributed by atoms with Crippen LogP contribution in [0.1, 0.15) is 59.5 Å². The number of phenolic OH excluding ortho intramolecular Hbond substituents is 1. The Morgan fingerprint density at radius 2 is 1.33 bits per heavy atom. The highest BCUT2D eigenvalue weighted by Gasteiger charge is 2.35. The zero-order valence-electron chi connectivity index (χ0n) is 14.3. The van der Waals surface area contributed by atoms with Crippen molar-refractivity contribution in [2.45, 2.75) is 39.8 Å². The lowest BCUT2D eigenvalue weighted by Crippen LogP contribution is -2.39. The number of anilines is 1. The maximum Gasteiger partial charge on any atom is 0.200 e. The molecule has 0 aromatic heterocycles. The Balaban J connectivity index is 2.29. The summed E-state index contributed by atoms with van der Waals surface area (Å²) in [5, 5.41) is 10.1. The van der Waals surface area contributed by atoms with E-state index in [9.17, 15) is 14.7 Å². The van der Waals surface area contributed by atoms with E-state index in [-0.39, 0.29) is 40.5 Å². The van der Waals surface area contributed by atoms with Crippen molar-refractivity contribution >= 4 is 17.3 Å². The summed E-state index contributed by atoms with van der Waals surface area (Å²) < 4.78 is 0. The lowest BCUT2D eigenvalue weighted by molar-refractivity contribution is 0.0977. The van der Waals surface area contributed by atoms with Crippen molar-refractivity contribution in [1.82, 2.24) is 0 Å². The maximum atomic E-state index is 13.1. The highest BCUT2D eigenvalue weighted by molar-refractivity contribution is 6.31. The van der Waals surface area contributed by atoms with Crippen LogP contribution in [0, 0.1) is 0 Å². The van der Waals surface area contributed by atoms with Gasteiger partial charge >= 0.3 is 0 Å². The predicted octanol–water partition coefficient (Wildman–Crippen LogP) is 3.79. The van der Waals surface area contributed by atoms with Gasteiger partial charge in [-0.25, -0.2) is 0 Å². The average molecular weight is 323 g/mol. The Morgan fingerprint density at radius 3 is 1.92 bits per heavy atom. The van der Waals surface area contributed by atoms with Gasteiger partial charge in [-0.2, -0.15) is 0 Å². The second-order valence-electron chi connectivity index (χ2n) is 6.65. The minimum Gasteiger partial charge on any atom is -0.507 e. The van der Waals surface area contributed by atoms with Crippen molar-refractivity contribution in [1.29, 1.82) is 0 Å². The summed E-state index contributed by atoms with van der Waals surface area (Å²) in [5.41, 5.74) is 1.91. The van der Waals surface area contributed by atoms with E-state index in [4.69, 9.17) is 0 Å². The first-order valence-electron chi connectivity index (χ1n) is 8.17. The summed E-state index contributed by atoms with van der Waals surface area (Å²) in [6.07, 6.45) is 0. The van der Waals surface area contributed by atoms with Crippen molar-refractivity contribution in [3.8, 4) is 5.75 Å². The van der Waals surface area contributed by atoms with Gasteiger partial charge in [-0.1, -0.05) is 24.3 Å². The minimum absolute atomic E-state index is 0.106. The Labute approximate surface area is 141 Å². The molecule has 0 amide bonds. The summed E-state index contributed by atoms with van der Waals surface area (Å²) >= 11 is 0. The van der Waals surface area contributed by atoms with E-state index in [1.807, 2.05) is 12.1 Å². The van der Waals surface area contributed by atoms with Gasteiger partial charge < -0.3 is 10.0 Å². The van der Waals surface area contributed by atoms with E-state index in [1.165, 1.54) is 6.07 Å². The molecule has 0 heterocycles. The smallest absolute Gasteiger partial charge is 0.200 e. The molecule has 0 fully saturated rings. The van der Waals surface area contributed by atoms with E-state index in [2.05, 4.69) is 32.6 Å². The molecule has 0 saturated heterocycles. The fourth-order valence-electron chi connectivity index (χ4n) is 3.57. The van der Waals surface area contributed by atoms with Crippen molar-refractivity contribution in [2.24, 2.45) is 0 Å². The van der Waals surface area contributed by atoms with Crippen LogP contribution in [-0.2, 0) is 0 Å². The number of nitrogens with zero attached hydrogens (tertiary/aromatic N) is 1. The van der Waals surface area contributed by atoms with Crippen LogP contribution >= 0.6 is 0 Å². The number of ketones is 2. The van der Waals surface area contributed by atoms with Crippen LogP contribution in [0.15, 0.2) is 36.4 Å². The second kappa shape index (κ2) is 5.78.